The van der Waals surface area contributed by atoms with E-state index < -0.39 is 0 Å². The first-order chi connectivity index (χ1) is 11.6. The van der Waals surface area contributed by atoms with Gasteiger partial charge in [0.25, 0.3) is 11.8 Å². The third kappa shape index (κ3) is 5.50. The maximum atomic E-state index is 12.1. The fourth-order valence-electron chi connectivity index (χ4n) is 2.27. The largest absolute Gasteiger partial charge is 0.351 e. The zero-order valence-electron chi connectivity index (χ0n) is 14.1. The lowest BCUT2D eigenvalue weighted by atomic mass is 10.1. The van der Waals surface area contributed by atoms with Crippen LogP contribution in [0.15, 0.2) is 48.7 Å². The fourth-order valence-corrected chi connectivity index (χ4v) is 2.27. The number of aromatic nitrogens is 1. The van der Waals surface area contributed by atoms with Crippen molar-refractivity contribution < 1.29 is 9.59 Å². The highest BCUT2D eigenvalue weighted by molar-refractivity contribution is 5.98. The Morgan fingerprint density at radius 2 is 1.83 bits per heavy atom. The minimum absolute atomic E-state index is 0.0425. The maximum absolute atomic E-state index is 12.1. The van der Waals surface area contributed by atoms with Crippen molar-refractivity contribution in [2.45, 2.75) is 32.7 Å². The second-order valence-corrected chi connectivity index (χ2v) is 5.90. The number of aryl methyl sites for hydroxylation is 1. The normalized spacial score (nSPS) is 10.5. The molecule has 0 unspecified atom stereocenters. The van der Waals surface area contributed by atoms with Gasteiger partial charge < -0.3 is 10.6 Å². The quantitative estimate of drug-likeness (QED) is 0.769. The van der Waals surface area contributed by atoms with Crippen molar-refractivity contribution in [3.8, 4) is 0 Å². The molecule has 2 amide bonds. The van der Waals surface area contributed by atoms with E-state index in [1.54, 1.807) is 6.07 Å². The highest BCUT2D eigenvalue weighted by Crippen LogP contribution is 2.04. The van der Waals surface area contributed by atoms with Gasteiger partial charge in [-0.2, -0.15) is 0 Å². The van der Waals surface area contributed by atoms with Crippen LogP contribution in [0.3, 0.4) is 0 Å². The summed E-state index contributed by atoms with van der Waals surface area (Å²) in [6.45, 7) is 4.34. The summed E-state index contributed by atoms with van der Waals surface area (Å²) in [5, 5.41) is 5.64. The molecule has 0 saturated heterocycles. The van der Waals surface area contributed by atoms with Gasteiger partial charge in [-0.25, -0.2) is 0 Å². The van der Waals surface area contributed by atoms with E-state index in [2.05, 4.69) is 27.8 Å². The Kier molecular flexibility index (Phi) is 6.49. The zero-order valence-corrected chi connectivity index (χ0v) is 14.1. The van der Waals surface area contributed by atoms with E-state index in [9.17, 15) is 9.59 Å². The van der Waals surface area contributed by atoms with Crippen LogP contribution in [-0.4, -0.2) is 29.4 Å². The van der Waals surface area contributed by atoms with E-state index in [0.29, 0.717) is 12.1 Å². The summed E-state index contributed by atoms with van der Waals surface area (Å²) in [4.78, 5) is 28.2. The fraction of sp³-hybridized carbons (Fsp3) is 0.316. The first-order valence-corrected chi connectivity index (χ1v) is 8.15. The molecule has 24 heavy (non-hydrogen) atoms. The Labute approximate surface area is 142 Å². The third-order valence-electron chi connectivity index (χ3n) is 3.45. The molecule has 0 aliphatic carbocycles. The van der Waals surface area contributed by atoms with Crippen LogP contribution in [0, 0.1) is 0 Å². The van der Waals surface area contributed by atoms with Crippen molar-refractivity contribution in [3.63, 3.8) is 0 Å². The summed E-state index contributed by atoms with van der Waals surface area (Å²) in [6, 6.07) is 13.3. The molecule has 0 saturated carbocycles. The van der Waals surface area contributed by atoms with Gasteiger partial charge in [0, 0.05) is 24.3 Å². The number of amides is 2. The number of nitrogens with one attached hydrogen (secondary N) is 2. The summed E-state index contributed by atoms with van der Waals surface area (Å²) in [5.41, 5.74) is 1.94. The Bertz CT molecular complexity index is 684. The lowest BCUT2D eigenvalue weighted by Gasteiger charge is -2.09. The lowest BCUT2D eigenvalue weighted by molar-refractivity contribution is 0.0943. The van der Waals surface area contributed by atoms with Crippen LogP contribution in [0.1, 0.15) is 46.7 Å². The van der Waals surface area contributed by atoms with Gasteiger partial charge in [0.15, 0.2) is 0 Å². The maximum Gasteiger partial charge on any atom is 0.269 e. The highest BCUT2D eigenvalue weighted by atomic mass is 16.2. The minimum Gasteiger partial charge on any atom is -0.351 e. The molecule has 2 aromatic rings. The lowest BCUT2D eigenvalue weighted by Crippen LogP contribution is -2.31. The van der Waals surface area contributed by atoms with Crippen molar-refractivity contribution in [1.82, 2.24) is 15.6 Å². The van der Waals surface area contributed by atoms with Crippen molar-refractivity contribution in [2.24, 2.45) is 0 Å². The standard InChI is InChI=1S/C19H23N3O2/c1-14(2)22-18(23)16-10-12-20-17(13-16)19(24)21-11-6-9-15-7-4-3-5-8-15/h3-5,7-8,10,12-14H,6,9,11H2,1-2H3,(H,21,24)(H,22,23). The molecule has 126 valence electrons. The molecule has 5 heteroatoms. The molecule has 0 atom stereocenters. The molecule has 2 rings (SSSR count). The molecule has 1 aromatic heterocycles. The summed E-state index contributed by atoms with van der Waals surface area (Å²) < 4.78 is 0. The van der Waals surface area contributed by atoms with E-state index in [4.69, 9.17) is 0 Å². The molecule has 0 bridgehead atoms. The Morgan fingerprint density at radius 1 is 1.08 bits per heavy atom. The van der Waals surface area contributed by atoms with E-state index in [0.717, 1.165) is 12.8 Å². The van der Waals surface area contributed by atoms with Gasteiger partial charge in [-0.15, -0.1) is 0 Å². The van der Waals surface area contributed by atoms with Gasteiger partial charge in [0.2, 0.25) is 0 Å². The number of nitrogens with zero attached hydrogens (tertiary/aromatic N) is 1. The van der Waals surface area contributed by atoms with E-state index in [-0.39, 0.29) is 23.6 Å². The van der Waals surface area contributed by atoms with E-state index >= 15 is 0 Å². The highest BCUT2D eigenvalue weighted by Gasteiger charge is 2.12. The summed E-state index contributed by atoms with van der Waals surface area (Å²) >= 11 is 0. The zero-order chi connectivity index (χ0) is 17.4. The molecular weight excluding hydrogens is 302 g/mol. The number of benzene rings is 1. The molecule has 2 N–H and O–H groups in total. The summed E-state index contributed by atoms with van der Waals surface area (Å²) in [6.07, 6.45) is 3.24. The molecule has 1 aromatic carbocycles. The van der Waals surface area contributed by atoms with Crippen LogP contribution in [0.5, 0.6) is 0 Å². The summed E-state index contributed by atoms with van der Waals surface area (Å²) in [5.74, 6) is -0.465. The Balaban J connectivity index is 1.85. The topological polar surface area (TPSA) is 71.1 Å². The average Bonchev–Trinajstić information content (AvgIpc) is 2.59. The number of hydrogen-bond acceptors (Lipinski definition) is 3. The van der Waals surface area contributed by atoms with Crippen LogP contribution in [0.2, 0.25) is 0 Å². The SMILES string of the molecule is CC(C)NC(=O)c1ccnc(C(=O)NCCCc2ccccc2)c1. The van der Waals surface area contributed by atoms with E-state index in [1.807, 2.05) is 32.0 Å². The van der Waals surface area contributed by atoms with Crippen LogP contribution in [-0.2, 0) is 6.42 Å². The smallest absolute Gasteiger partial charge is 0.269 e. The van der Waals surface area contributed by atoms with Gasteiger partial charge in [-0.3, -0.25) is 14.6 Å². The van der Waals surface area contributed by atoms with Crippen LogP contribution >= 0.6 is 0 Å². The second-order valence-electron chi connectivity index (χ2n) is 5.90. The first kappa shape index (κ1) is 17.7. The van der Waals surface area contributed by atoms with Gasteiger partial charge in [-0.05, 0) is 44.4 Å². The molecule has 0 aliphatic rings. The van der Waals surface area contributed by atoms with Gasteiger partial charge in [-0.1, -0.05) is 30.3 Å². The van der Waals surface area contributed by atoms with Crippen molar-refractivity contribution in [2.75, 3.05) is 6.54 Å². The monoisotopic (exact) mass is 325 g/mol. The summed E-state index contributed by atoms with van der Waals surface area (Å²) in [7, 11) is 0. The van der Waals surface area contributed by atoms with Gasteiger partial charge in [0.1, 0.15) is 5.69 Å². The van der Waals surface area contributed by atoms with Gasteiger partial charge >= 0.3 is 0 Å². The number of hydrogen-bond donors (Lipinski definition) is 2. The first-order valence-electron chi connectivity index (χ1n) is 8.15. The molecule has 0 aliphatic heterocycles. The Morgan fingerprint density at radius 3 is 2.54 bits per heavy atom. The number of pyridine rings is 1. The molecule has 0 radical (unpaired) electrons. The van der Waals surface area contributed by atoms with Crippen LogP contribution < -0.4 is 10.6 Å². The van der Waals surface area contributed by atoms with Crippen LogP contribution in [0.4, 0.5) is 0 Å². The van der Waals surface area contributed by atoms with Gasteiger partial charge in [0.05, 0.1) is 0 Å². The molecule has 5 nitrogen and oxygen atoms in total. The molecule has 0 spiro atoms. The van der Waals surface area contributed by atoms with Crippen molar-refractivity contribution in [1.29, 1.82) is 0 Å². The third-order valence-corrected chi connectivity index (χ3v) is 3.45. The predicted molar refractivity (Wildman–Crippen MR) is 93.9 cm³/mol. The average molecular weight is 325 g/mol. The number of carbonyl (C=O) groups is 2. The molecule has 0 fully saturated rings. The Hall–Kier alpha value is -2.69. The second kappa shape index (κ2) is 8.82. The molecular formula is C19H23N3O2. The minimum atomic E-state index is -0.262. The van der Waals surface area contributed by atoms with Crippen molar-refractivity contribution in [3.05, 3.63) is 65.5 Å². The predicted octanol–water partition coefficient (Wildman–Crippen LogP) is 2.58. The van der Waals surface area contributed by atoms with Crippen LogP contribution in [0.25, 0.3) is 0 Å². The van der Waals surface area contributed by atoms with E-state index in [1.165, 1.54) is 17.8 Å². The number of carbonyl (C=O) groups excluding carboxylic acids is 2. The van der Waals surface area contributed by atoms with Crippen molar-refractivity contribution >= 4 is 11.8 Å². The number of rotatable bonds is 7. The molecule has 1 heterocycles.